The van der Waals surface area contributed by atoms with Crippen molar-refractivity contribution in [3.63, 3.8) is 0 Å². The summed E-state index contributed by atoms with van der Waals surface area (Å²) in [6, 6.07) is 13.2. The fourth-order valence-corrected chi connectivity index (χ4v) is 4.36. The van der Waals surface area contributed by atoms with Crippen LogP contribution in [-0.2, 0) is 14.3 Å². The SMILES string of the molecule is COC(C)c1nc2cc(C(=O)O)ccc2n1-c1cccc(N2CCN(CC(=O)OC(C)C)CC2)c1. The molecule has 0 bridgehead atoms. The van der Waals surface area contributed by atoms with E-state index in [4.69, 9.17) is 14.5 Å². The lowest BCUT2D eigenvalue weighted by Crippen LogP contribution is -2.48. The second kappa shape index (κ2) is 10.5. The minimum absolute atomic E-state index is 0.104. The highest BCUT2D eigenvalue weighted by Crippen LogP contribution is 2.29. The lowest BCUT2D eigenvalue weighted by Gasteiger charge is -2.35. The van der Waals surface area contributed by atoms with Crippen LogP contribution in [0.4, 0.5) is 5.69 Å². The lowest BCUT2D eigenvalue weighted by atomic mass is 10.2. The monoisotopic (exact) mass is 480 g/mol. The summed E-state index contributed by atoms with van der Waals surface area (Å²) in [5.41, 5.74) is 3.63. The molecule has 0 aliphatic carbocycles. The van der Waals surface area contributed by atoms with Crippen molar-refractivity contribution in [1.82, 2.24) is 14.5 Å². The number of hydrogen-bond donors (Lipinski definition) is 1. The molecule has 1 aromatic heterocycles. The molecule has 3 aromatic rings. The van der Waals surface area contributed by atoms with Crippen molar-refractivity contribution in [3.05, 3.63) is 53.9 Å². The molecule has 1 aliphatic rings. The predicted octanol–water partition coefficient (Wildman–Crippen LogP) is 3.50. The summed E-state index contributed by atoms with van der Waals surface area (Å²) in [4.78, 5) is 32.6. The average Bonchev–Trinajstić information content (AvgIpc) is 3.22. The number of methoxy groups -OCH3 is 1. The maximum absolute atomic E-state index is 12.0. The molecule has 2 aromatic carbocycles. The summed E-state index contributed by atoms with van der Waals surface area (Å²) in [6.45, 7) is 9.09. The van der Waals surface area contributed by atoms with E-state index < -0.39 is 5.97 Å². The Kier molecular flexibility index (Phi) is 7.37. The highest BCUT2D eigenvalue weighted by molar-refractivity contribution is 5.93. The number of hydrogen-bond acceptors (Lipinski definition) is 7. The Morgan fingerprint density at radius 1 is 1.03 bits per heavy atom. The third kappa shape index (κ3) is 5.47. The fourth-order valence-electron chi connectivity index (χ4n) is 4.36. The Labute approximate surface area is 204 Å². The van der Waals surface area contributed by atoms with Gasteiger partial charge in [0.25, 0.3) is 0 Å². The van der Waals surface area contributed by atoms with Gasteiger partial charge in [-0.25, -0.2) is 9.78 Å². The number of aromatic carboxylic acids is 1. The smallest absolute Gasteiger partial charge is 0.335 e. The van der Waals surface area contributed by atoms with E-state index in [9.17, 15) is 14.7 Å². The molecule has 0 radical (unpaired) electrons. The van der Waals surface area contributed by atoms with Gasteiger partial charge in [0.15, 0.2) is 0 Å². The number of nitrogens with zero attached hydrogens (tertiary/aromatic N) is 4. The number of carboxylic acid groups (broad SMARTS) is 1. The van der Waals surface area contributed by atoms with Crippen molar-refractivity contribution in [1.29, 1.82) is 0 Å². The number of rotatable bonds is 8. The molecule has 0 spiro atoms. The first kappa shape index (κ1) is 24.7. The van der Waals surface area contributed by atoms with E-state index >= 15 is 0 Å². The number of esters is 1. The molecule has 4 rings (SSSR count). The van der Waals surface area contributed by atoms with Gasteiger partial charge in [-0.2, -0.15) is 0 Å². The van der Waals surface area contributed by atoms with Crippen LogP contribution in [-0.4, -0.2) is 77.4 Å². The summed E-state index contributed by atoms with van der Waals surface area (Å²) < 4.78 is 12.9. The minimum atomic E-state index is -0.985. The quantitative estimate of drug-likeness (QED) is 0.490. The Morgan fingerprint density at radius 2 is 1.74 bits per heavy atom. The minimum Gasteiger partial charge on any atom is -0.478 e. The molecule has 1 fully saturated rings. The number of benzene rings is 2. The molecule has 1 N–H and O–H groups in total. The molecular formula is C26H32N4O5. The summed E-state index contributed by atoms with van der Waals surface area (Å²) in [5.74, 6) is -0.467. The number of imidazole rings is 1. The van der Waals surface area contributed by atoms with Gasteiger partial charge in [0.2, 0.25) is 0 Å². The zero-order valence-corrected chi connectivity index (χ0v) is 20.6. The van der Waals surface area contributed by atoms with Gasteiger partial charge in [-0.1, -0.05) is 6.07 Å². The third-order valence-electron chi connectivity index (χ3n) is 6.19. The second-order valence-electron chi connectivity index (χ2n) is 9.01. The highest BCUT2D eigenvalue weighted by atomic mass is 16.5. The van der Waals surface area contributed by atoms with Gasteiger partial charge < -0.3 is 19.5 Å². The van der Waals surface area contributed by atoms with Crippen LogP contribution in [0, 0.1) is 0 Å². The first-order valence-electron chi connectivity index (χ1n) is 11.8. The van der Waals surface area contributed by atoms with E-state index in [0.717, 1.165) is 43.1 Å². The molecule has 1 unspecified atom stereocenters. The number of aromatic nitrogens is 2. The van der Waals surface area contributed by atoms with Crippen molar-refractivity contribution in [3.8, 4) is 5.69 Å². The molecule has 35 heavy (non-hydrogen) atoms. The molecular weight excluding hydrogens is 448 g/mol. The van der Waals surface area contributed by atoms with Gasteiger partial charge in [0.05, 0.1) is 29.2 Å². The number of carbonyl (C=O) groups excluding carboxylic acids is 1. The van der Waals surface area contributed by atoms with Crippen LogP contribution in [0.3, 0.4) is 0 Å². The lowest BCUT2D eigenvalue weighted by molar-refractivity contribution is -0.148. The molecule has 186 valence electrons. The Hall–Kier alpha value is -3.43. The van der Waals surface area contributed by atoms with E-state index in [0.29, 0.717) is 17.9 Å². The summed E-state index contributed by atoms with van der Waals surface area (Å²) in [5, 5.41) is 9.38. The topological polar surface area (TPSA) is 97.1 Å². The summed E-state index contributed by atoms with van der Waals surface area (Å²) in [6.07, 6.45) is -0.388. The predicted molar refractivity (Wildman–Crippen MR) is 133 cm³/mol. The highest BCUT2D eigenvalue weighted by Gasteiger charge is 2.22. The van der Waals surface area contributed by atoms with Crippen LogP contribution >= 0.6 is 0 Å². The van der Waals surface area contributed by atoms with Gasteiger partial charge in [-0.05, 0) is 57.2 Å². The Balaban J connectivity index is 1.59. The average molecular weight is 481 g/mol. The Morgan fingerprint density at radius 3 is 2.40 bits per heavy atom. The van der Waals surface area contributed by atoms with E-state index in [2.05, 4.69) is 21.9 Å². The first-order chi connectivity index (χ1) is 16.8. The number of piperazine rings is 1. The molecule has 1 saturated heterocycles. The molecule has 0 saturated carbocycles. The van der Waals surface area contributed by atoms with Gasteiger partial charge in [-0.3, -0.25) is 14.3 Å². The van der Waals surface area contributed by atoms with Crippen LogP contribution < -0.4 is 4.90 Å². The zero-order chi connectivity index (χ0) is 25.1. The fraction of sp³-hybridized carbons (Fsp3) is 0.423. The zero-order valence-electron chi connectivity index (χ0n) is 20.6. The molecule has 1 aliphatic heterocycles. The van der Waals surface area contributed by atoms with Crippen LogP contribution in [0.2, 0.25) is 0 Å². The Bertz CT molecular complexity index is 1210. The summed E-state index contributed by atoms with van der Waals surface area (Å²) >= 11 is 0. The normalized spacial score (nSPS) is 15.5. The molecule has 9 nitrogen and oxygen atoms in total. The van der Waals surface area contributed by atoms with Crippen molar-refractivity contribution in [2.45, 2.75) is 33.0 Å². The van der Waals surface area contributed by atoms with Gasteiger partial charge in [0.1, 0.15) is 11.9 Å². The third-order valence-corrected chi connectivity index (χ3v) is 6.19. The van der Waals surface area contributed by atoms with Gasteiger partial charge >= 0.3 is 11.9 Å². The molecule has 1 atom stereocenters. The molecule has 9 heteroatoms. The van der Waals surface area contributed by atoms with Crippen LogP contribution in [0.1, 0.15) is 43.1 Å². The van der Waals surface area contributed by atoms with Crippen LogP contribution in [0.15, 0.2) is 42.5 Å². The first-order valence-corrected chi connectivity index (χ1v) is 11.8. The number of fused-ring (bicyclic) bond motifs is 1. The van der Waals surface area contributed by atoms with Crippen molar-refractivity contribution < 1.29 is 24.2 Å². The number of carboxylic acids is 1. The van der Waals surface area contributed by atoms with E-state index in [1.165, 1.54) is 0 Å². The van der Waals surface area contributed by atoms with Crippen molar-refractivity contribution >= 4 is 28.7 Å². The standard InChI is InChI=1S/C26H32N4O5/c1-17(2)35-24(31)16-28-10-12-29(13-11-28)20-6-5-7-21(15-20)30-23-9-8-19(26(32)33)14-22(23)27-25(30)18(3)34-4/h5-9,14-15,17-18H,10-13,16H2,1-4H3,(H,32,33). The molecule has 0 amide bonds. The van der Waals surface area contributed by atoms with E-state index in [1.54, 1.807) is 25.3 Å². The van der Waals surface area contributed by atoms with Crippen molar-refractivity contribution in [2.75, 3.05) is 44.7 Å². The second-order valence-corrected chi connectivity index (χ2v) is 9.01. The number of carbonyl (C=O) groups is 2. The molecule has 2 heterocycles. The number of ether oxygens (including phenoxy) is 2. The summed E-state index contributed by atoms with van der Waals surface area (Å²) in [7, 11) is 1.63. The van der Waals surface area contributed by atoms with Gasteiger partial charge in [-0.15, -0.1) is 0 Å². The maximum atomic E-state index is 12.0. The largest absolute Gasteiger partial charge is 0.478 e. The van der Waals surface area contributed by atoms with Crippen molar-refractivity contribution in [2.24, 2.45) is 0 Å². The number of anilines is 1. The maximum Gasteiger partial charge on any atom is 0.335 e. The van der Waals surface area contributed by atoms with Crippen LogP contribution in [0.5, 0.6) is 0 Å². The van der Waals surface area contributed by atoms with Crippen LogP contribution in [0.25, 0.3) is 16.7 Å². The van der Waals surface area contributed by atoms with E-state index in [1.807, 2.05) is 37.5 Å². The van der Waals surface area contributed by atoms with E-state index in [-0.39, 0.29) is 23.7 Å². The van der Waals surface area contributed by atoms with Gasteiger partial charge in [0, 0.05) is 44.7 Å².